The molecule has 168 valence electrons. The molecular weight excluding hydrogens is 491 g/mol. The van der Waals surface area contributed by atoms with Gasteiger partial charge in [-0.25, -0.2) is 0 Å². The molecule has 2 radical (unpaired) electrons. The Morgan fingerprint density at radius 2 is 1.26 bits per heavy atom. The first-order chi connectivity index (χ1) is 15.1. The normalized spacial score (nSPS) is 10.2. The second-order valence-corrected chi connectivity index (χ2v) is 10.5. The first kappa shape index (κ1) is 27.4. The molecule has 2 rings (SSSR count). The van der Waals surface area contributed by atoms with E-state index in [0.717, 1.165) is 22.8 Å². The summed E-state index contributed by atoms with van der Waals surface area (Å²) in [5.41, 5.74) is 2.19. The minimum atomic E-state index is -0.992. The van der Waals surface area contributed by atoms with Gasteiger partial charge in [-0.1, -0.05) is 52.4 Å². The molecule has 2 aromatic carbocycles. The molecule has 0 bridgehead atoms. The van der Waals surface area contributed by atoms with Crippen LogP contribution in [0.2, 0.25) is 4.44 Å². The topological polar surface area (TPSA) is 43.4 Å². The number of ketones is 1. The van der Waals surface area contributed by atoms with E-state index in [0.29, 0.717) is 11.1 Å². The van der Waals surface area contributed by atoms with Gasteiger partial charge in [0.15, 0.2) is 0 Å². The maximum atomic E-state index is 12.3. The Bertz CT molecular complexity index is 720. The number of hydrogen-bond donors (Lipinski definition) is 0. The van der Waals surface area contributed by atoms with Crippen molar-refractivity contribution in [3.8, 4) is 0 Å². The van der Waals surface area contributed by atoms with Crippen LogP contribution >= 0.6 is 0 Å². The Morgan fingerprint density at radius 1 is 0.710 bits per heavy atom. The van der Waals surface area contributed by atoms with Crippen LogP contribution in [0.1, 0.15) is 93.6 Å². The zero-order chi connectivity index (χ0) is 22.7. The summed E-state index contributed by atoms with van der Waals surface area (Å²) in [4.78, 5) is 24.1. The molecule has 4 heteroatoms. The Labute approximate surface area is 199 Å². The van der Waals surface area contributed by atoms with Crippen LogP contribution in [0.15, 0.2) is 54.6 Å². The fraction of sp³-hybridized carbons (Fsp3) is 0.481. The number of rotatable bonds is 13. The molecule has 0 atom stereocenters. The van der Waals surface area contributed by atoms with Crippen LogP contribution in [0.25, 0.3) is 0 Å². The molecule has 0 saturated heterocycles. The molecule has 31 heavy (non-hydrogen) atoms. The third-order valence-corrected chi connectivity index (χ3v) is 7.53. The van der Waals surface area contributed by atoms with Crippen molar-refractivity contribution in [1.82, 2.24) is 0 Å². The van der Waals surface area contributed by atoms with Gasteiger partial charge in [0.05, 0.1) is 0 Å². The average Bonchev–Trinajstić information content (AvgIpc) is 2.81. The summed E-state index contributed by atoms with van der Waals surface area (Å²) >= 11 is -0.992. The van der Waals surface area contributed by atoms with E-state index in [9.17, 15) is 9.59 Å². The van der Waals surface area contributed by atoms with Crippen LogP contribution in [0.4, 0.5) is 0 Å². The minimum absolute atomic E-state index is 0.00615. The van der Waals surface area contributed by atoms with Crippen molar-refractivity contribution in [2.75, 3.05) is 0 Å². The standard InChI is InChI=1S/C15H12O3.C8H18.C4H9.Sn/c16-14(17)10-11-6-8-13(9-7-11)15(18)12-4-2-1-3-5-12;1-3-5-7-8-6-4-2;1-3-4-2;/h1-9H,10H2,(H,16,17);3-8H2,1-2H3;1,3-4H2,2H3;/q;;;+1/p-1. The van der Waals surface area contributed by atoms with Crippen LogP contribution in [0.3, 0.4) is 0 Å². The molecule has 0 heterocycles. The van der Waals surface area contributed by atoms with Gasteiger partial charge in [0.25, 0.3) is 0 Å². The van der Waals surface area contributed by atoms with Gasteiger partial charge in [0, 0.05) is 0 Å². The van der Waals surface area contributed by atoms with Crippen molar-refractivity contribution in [2.24, 2.45) is 0 Å². The van der Waals surface area contributed by atoms with Gasteiger partial charge in [-0.05, 0) is 0 Å². The number of carbonyl (C=O) groups is 2. The summed E-state index contributed by atoms with van der Waals surface area (Å²) in [6.45, 7) is 6.65. The molecule has 0 amide bonds. The summed E-state index contributed by atoms with van der Waals surface area (Å²) < 4.78 is 6.44. The van der Waals surface area contributed by atoms with E-state index in [4.69, 9.17) is 3.07 Å². The van der Waals surface area contributed by atoms with Crippen molar-refractivity contribution in [2.45, 2.75) is 83.0 Å². The predicted molar refractivity (Wildman–Crippen MR) is 131 cm³/mol. The summed E-state index contributed by atoms with van der Waals surface area (Å²) in [5.74, 6) is -0.150. The van der Waals surface area contributed by atoms with Crippen molar-refractivity contribution in [1.29, 1.82) is 0 Å². The predicted octanol–water partition coefficient (Wildman–Crippen LogP) is 7.21. The second kappa shape index (κ2) is 18.0. The van der Waals surface area contributed by atoms with E-state index in [2.05, 4.69) is 20.8 Å². The van der Waals surface area contributed by atoms with E-state index in [1.807, 2.05) is 30.3 Å². The molecule has 2 aromatic rings. The zero-order valence-electron chi connectivity index (χ0n) is 19.5. The van der Waals surface area contributed by atoms with Crippen molar-refractivity contribution in [3.63, 3.8) is 0 Å². The summed E-state index contributed by atoms with van der Waals surface area (Å²) in [6, 6.07) is 16.4. The Morgan fingerprint density at radius 3 is 1.81 bits per heavy atom. The molecular formula is C27H38O3Sn. The molecule has 0 aromatic heterocycles. The Kier molecular flexibility index (Phi) is 15.9. The van der Waals surface area contributed by atoms with Gasteiger partial charge in [-0.2, -0.15) is 0 Å². The third-order valence-electron chi connectivity index (χ3n) is 4.88. The Balaban J connectivity index is 0.000000512. The molecule has 0 saturated carbocycles. The maximum absolute atomic E-state index is 12.3. The fourth-order valence-corrected chi connectivity index (χ4v) is 5.34. The molecule has 0 spiro atoms. The third kappa shape index (κ3) is 12.7. The van der Waals surface area contributed by atoms with Crippen molar-refractivity contribution >= 4 is 33.3 Å². The molecule has 3 nitrogen and oxygen atoms in total. The summed E-state index contributed by atoms with van der Waals surface area (Å²) in [5, 5.41) is 0. The van der Waals surface area contributed by atoms with E-state index in [1.165, 1.54) is 38.5 Å². The molecule has 0 fully saturated rings. The monoisotopic (exact) mass is 530 g/mol. The molecule has 0 N–H and O–H groups in total. The van der Waals surface area contributed by atoms with Crippen LogP contribution in [0.5, 0.6) is 0 Å². The molecule has 0 aliphatic heterocycles. The Hall–Kier alpha value is -1.62. The van der Waals surface area contributed by atoms with Gasteiger partial charge in [-0.15, -0.1) is 0 Å². The second-order valence-electron chi connectivity index (χ2n) is 7.71. The van der Waals surface area contributed by atoms with Crippen LogP contribution in [-0.2, 0) is 14.3 Å². The number of carbonyl (C=O) groups excluding carboxylic acids is 2. The van der Waals surface area contributed by atoms with Gasteiger partial charge in [0.1, 0.15) is 0 Å². The van der Waals surface area contributed by atoms with Crippen LogP contribution in [-0.4, -0.2) is 33.3 Å². The van der Waals surface area contributed by atoms with E-state index < -0.39 is 21.6 Å². The fourth-order valence-electron chi connectivity index (χ4n) is 2.97. The average molecular weight is 529 g/mol. The van der Waals surface area contributed by atoms with E-state index in [1.54, 1.807) is 24.3 Å². The number of hydrogen-bond acceptors (Lipinski definition) is 3. The first-order valence-corrected chi connectivity index (χ1v) is 14.9. The summed E-state index contributed by atoms with van der Waals surface area (Å²) in [7, 11) is 0. The molecule has 0 unspecified atom stereocenters. The number of benzene rings is 2. The van der Waals surface area contributed by atoms with Crippen LogP contribution < -0.4 is 0 Å². The molecule has 0 aliphatic carbocycles. The number of unbranched alkanes of at least 4 members (excludes halogenated alkanes) is 6. The van der Waals surface area contributed by atoms with Crippen molar-refractivity contribution < 1.29 is 12.7 Å². The van der Waals surface area contributed by atoms with Crippen LogP contribution in [0, 0.1) is 0 Å². The van der Waals surface area contributed by atoms with Gasteiger partial charge in [0.2, 0.25) is 0 Å². The van der Waals surface area contributed by atoms with Gasteiger partial charge < -0.3 is 0 Å². The van der Waals surface area contributed by atoms with E-state index in [-0.39, 0.29) is 18.2 Å². The SMILES string of the molecule is CCCCCCCC.CCC[CH2][Sn][O]C(=O)Cc1ccc(C(=O)c2ccccc2)cc1. The summed E-state index contributed by atoms with van der Waals surface area (Å²) in [6.07, 6.45) is 11.1. The zero-order valence-corrected chi connectivity index (χ0v) is 22.3. The van der Waals surface area contributed by atoms with Crippen molar-refractivity contribution in [3.05, 3.63) is 71.3 Å². The van der Waals surface area contributed by atoms with E-state index >= 15 is 0 Å². The first-order valence-electron chi connectivity index (χ1n) is 11.7. The quantitative estimate of drug-likeness (QED) is 0.157. The molecule has 0 aliphatic rings. The van der Waals surface area contributed by atoms with Gasteiger partial charge >= 0.3 is 148 Å². The van der Waals surface area contributed by atoms with Gasteiger partial charge in [-0.3, -0.25) is 0 Å².